The van der Waals surface area contributed by atoms with Crippen LogP contribution in [-0.2, 0) is 13.6 Å². The number of hydrogen-bond donors (Lipinski definition) is 1. The molecular formula is C15H14Cl2N4O. The van der Waals surface area contributed by atoms with Crippen molar-refractivity contribution in [3.8, 4) is 0 Å². The Morgan fingerprint density at radius 1 is 1.27 bits per heavy atom. The zero-order valence-corrected chi connectivity index (χ0v) is 13.4. The van der Waals surface area contributed by atoms with Crippen LogP contribution in [0.5, 0.6) is 0 Å². The highest BCUT2D eigenvalue weighted by molar-refractivity contribution is 6.31. The quantitative estimate of drug-likeness (QED) is 0.795. The summed E-state index contributed by atoms with van der Waals surface area (Å²) in [5.41, 5.74) is 1.52. The minimum Gasteiger partial charge on any atom is -0.349 e. The SMILES string of the molecule is Cn1c(C(=O)NCCn2cc(Cl)cn2)cc2ccc(Cl)cc21. The monoisotopic (exact) mass is 336 g/mol. The van der Waals surface area contributed by atoms with Gasteiger partial charge in [-0.05, 0) is 18.2 Å². The Labute approximate surface area is 137 Å². The van der Waals surface area contributed by atoms with E-state index in [0.717, 1.165) is 10.9 Å². The van der Waals surface area contributed by atoms with Gasteiger partial charge in [0.2, 0.25) is 0 Å². The van der Waals surface area contributed by atoms with Gasteiger partial charge < -0.3 is 9.88 Å². The topological polar surface area (TPSA) is 51.9 Å². The third kappa shape index (κ3) is 2.96. The number of rotatable bonds is 4. The van der Waals surface area contributed by atoms with Crippen molar-refractivity contribution in [1.29, 1.82) is 0 Å². The fourth-order valence-corrected chi connectivity index (χ4v) is 2.68. The Kier molecular flexibility index (Phi) is 4.09. The van der Waals surface area contributed by atoms with Crippen LogP contribution in [0.3, 0.4) is 0 Å². The molecule has 0 saturated carbocycles. The molecule has 0 bridgehead atoms. The Morgan fingerprint density at radius 3 is 2.82 bits per heavy atom. The molecule has 22 heavy (non-hydrogen) atoms. The van der Waals surface area contributed by atoms with Gasteiger partial charge in [0.25, 0.3) is 5.91 Å². The lowest BCUT2D eigenvalue weighted by molar-refractivity contribution is 0.0944. The van der Waals surface area contributed by atoms with E-state index in [1.165, 1.54) is 0 Å². The van der Waals surface area contributed by atoms with E-state index in [1.54, 1.807) is 17.1 Å². The van der Waals surface area contributed by atoms with Crippen molar-refractivity contribution >= 4 is 40.0 Å². The van der Waals surface area contributed by atoms with Crippen LogP contribution >= 0.6 is 23.2 Å². The first-order valence-corrected chi connectivity index (χ1v) is 7.51. The van der Waals surface area contributed by atoms with Gasteiger partial charge in [-0.15, -0.1) is 0 Å². The van der Waals surface area contributed by atoms with Crippen molar-refractivity contribution in [2.24, 2.45) is 7.05 Å². The maximum Gasteiger partial charge on any atom is 0.267 e. The smallest absolute Gasteiger partial charge is 0.267 e. The zero-order chi connectivity index (χ0) is 15.7. The van der Waals surface area contributed by atoms with Crippen LogP contribution in [0.2, 0.25) is 10.0 Å². The van der Waals surface area contributed by atoms with Crippen molar-refractivity contribution in [2.75, 3.05) is 6.54 Å². The van der Waals surface area contributed by atoms with Crippen LogP contribution < -0.4 is 5.32 Å². The van der Waals surface area contributed by atoms with Gasteiger partial charge in [-0.2, -0.15) is 5.10 Å². The van der Waals surface area contributed by atoms with Gasteiger partial charge in [-0.3, -0.25) is 9.48 Å². The summed E-state index contributed by atoms with van der Waals surface area (Å²) in [6.45, 7) is 1.04. The number of nitrogens with zero attached hydrogens (tertiary/aromatic N) is 3. The molecule has 0 aliphatic rings. The summed E-state index contributed by atoms with van der Waals surface area (Å²) in [7, 11) is 1.85. The number of fused-ring (bicyclic) bond motifs is 1. The van der Waals surface area contributed by atoms with Crippen LogP contribution in [0.1, 0.15) is 10.5 Å². The highest BCUT2D eigenvalue weighted by Gasteiger charge is 2.13. The molecule has 0 radical (unpaired) electrons. The third-order valence-electron chi connectivity index (χ3n) is 3.47. The molecule has 0 atom stereocenters. The molecule has 0 spiro atoms. The van der Waals surface area contributed by atoms with Gasteiger partial charge in [0.15, 0.2) is 0 Å². The lowest BCUT2D eigenvalue weighted by Crippen LogP contribution is -2.28. The van der Waals surface area contributed by atoms with Crippen molar-refractivity contribution < 1.29 is 4.79 Å². The van der Waals surface area contributed by atoms with Crippen LogP contribution in [-0.4, -0.2) is 26.8 Å². The van der Waals surface area contributed by atoms with Gasteiger partial charge in [0.05, 0.1) is 17.8 Å². The fraction of sp³-hybridized carbons (Fsp3) is 0.200. The number of halogens is 2. The number of nitrogens with one attached hydrogen (secondary N) is 1. The Balaban J connectivity index is 1.71. The first-order chi connectivity index (χ1) is 10.5. The number of aromatic nitrogens is 3. The summed E-state index contributed by atoms with van der Waals surface area (Å²) >= 11 is 11.8. The number of carbonyl (C=O) groups is 1. The second-order valence-corrected chi connectivity index (χ2v) is 5.84. The Morgan fingerprint density at radius 2 is 2.09 bits per heavy atom. The lowest BCUT2D eigenvalue weighted by atomic mass is 10.2. The van der Waals surface area contributed by atoms with E-state index in [1.807, 2.05) is 35.9 Å². The summed E-state index contributed by atoms with van der Waals surface area (Å²) in [4.78, 5) is 12.3. The summed E-state index contributed by atoms with van der Waals surface area (Å²) in [5, 5.41) is 9.15. The molecule has 0 saturated heterocycles. The lowest BCUT2D eigenvalue weighted by Gasteiger charge is -2.06. The summed E-state index contributed by atoms with van der Waals surface area (Å²) in [6, 6.07) is 7.42. The summed E-state index contributed by atoms with van der Waals surface area (Å²) in [5.74, 6) is -0.131. The third-order valence-corrected chi connectivity index (χ3v) is 3.90. The summed E-state index contributed by atoms with van der Waals surface area (Å²) in [6.07, 6.45) is 3.28. The standard InChI is InChI=1S/C15H14Cl2N4O/c1-20-13-7-11(16)3-2-10(13)6-14(20)15(22)18-4-5-21-9-12(17)8-19-21/h2-3,6-9H,4-5H2,1H3,(H,18,22). The number of benzene rings is 1. The molecule has 0 aliphatic carbocycles. The summed E-state index contributed by atoms with van der Waals surface area (Å²) < 4.78 is 3.52. The molecular weight excluding hydrogens is 323 g/mol. The maximum atomic E-state index is 12.3. The van der Waals surface area contributed by atoms with E-state index in [-0.39, 0.29) is 5.91 Å². The molecule has 5 nitrogen and oxygen atoms in total. The van der Waals surface area contributed by atoms with E-state index in [2.05, 4.69) is 10.4 Å². The predicted molar refractivity (Wildman–Crippen MR) is 87.5 cm³/mol. The molecule has 3 aromatic rings. The molecule has 0 aliphatic heterocycles. The highest BCUT2D eigenvalue weighted by atomic mass is 35.5. The minimum absolute atomic E-state index is 0.131. The number of carbonyl (C=O) groups excluding carboxylic acids is 1. The van der Waals surface area contributed by atoms with E-state index in [9.17, 15) is 4.79 Å². The molecule has 2 aromatic heterocycles. The average molecular weight is 337 g/mol. The van der Waals surface area contributed by atoms with Crippen molar-refractivity contribution in [1.82, 2.24) is 19.7 Å². The van der Waals surface area contributed by atoms with E-state index in [0.29, 0.717) is 28.8 Å². The average Bonchev–Trinajstić information content (AvgIpc) is 3.03. The number of amides is 1. The van der Waals surface area contributed by atoms with Crippen LogP contribution in [0, 0.1) is 0 Å². The Bertz CT molecular complexity index is 837. The predicted octanol–water partition coefficient (Wildman–Crippen LogP) is 3.11. The molecule has 0 fully saturated rings. The highest BCUT2D eigenvalue weighted by Crippen LogP contribution is 2.22. The molecule has 0 unspecified atom stereocenters. The van der Waals surface area contributed by atoms with Crippen molar-refractivity contribution in [2.45, 2.75) is 6.54 Å². The van der Waals surface area contributed by atoms with Gasteiger partial charge in [0, 0.05) is 35.7 Å². The molecule has 7 heteroatoms. The van der Waals surface area contributed by atoms with Crippen molar-refractivity contribution in [3.05, 3.63) is 52.4 Å². The van der Waals surface area contributed by atoms with Gasteiger partial charge in [-0.25, -0.2) is 0 Å². The van der Waals surface area contributed by atoms with Crippen LogP contribution in [0.15, 0.2) is 36.7 Å². The maximum absolute atomic E-state index is 12.3. The normalized spacial score (nSPS) is 11.0. The largest absolute Gasteiger partial charge is 0.349 e. The fourth-order valence-electron chi connectivity index (χ4n) is 2.36. The molecule has 114 valence electrons. The zero-order valence-electron chi connectivity index (χ0n) is 11.9. The molecule has 1 aromatic carbocycles. The second-order valence-electron chi connectivity index (χ2n) is 4.97. The van der Waals surface area contributed by atoms with E-state index < -0.39 is 0 Å². The minimum atomic E-state index is -0.131. The van der Waals surface area contributed by atoms with E-state index in [4.69, 9.17) is 23.2 Å². The van der Waals surface area contributed by atoms with Crippen LogP contribution in [0.25, 0.3) is 10.9 Å². The molecule has 1 amide bonds. The van der Waals surface area contributed by atoms with Gasteiger partial charge in [0.1, 0.15) is 5.69 Å². The molecule has 2 heterocycles. The number of hydrogen-bond acceptors (Lipinski definition) is 2. The molecule has 1 N–H and O–H groups in total. The van der Waals surface area contributed by atoms with Crippen LogP contribution in [0.4, 0.5) is 0 Å². The van der Waals surface area contributed by atoms with Crippen molar-refractivity contribution in [3.63, 3.8) is 0 Å². The Hall–Kier alpha value is -1.98. The first-order valence-electron chi connectivity index (χ1n) is 6.76. The van der Waals surface area contributed by atoms with Gasteiger partial charge in [-0.1, -0.05) is 29.3 Å². The molecule has 3 rings (SSSR count). The first kappa shape index (κ1) is 14.9. The second kappa shape index (κ2) is 6.02. The van der Waals surface area contributed by atoms with E-state index >= 15 is 0 Å². The number of aryl methyl sites for hydroxylation is 1. The van der Waals surface area contributed by atoms with Gasteiger partial charge >= 0.3 is 0 Å².